The third-order valence-electron chi connectivity index (χ3n) is 4.46. The van der Waals surface area contributed by atoms with Crippen LogP contribution in [0.3, 0.4) is 0 Å². The summed E-state index contributed by atoms with van der Waals surface area (Å²) in [4.78, 5) is 29.4. The average molecular weight is 405 g/mol. The number of pyridine rings is 1. The molecule has 7 heteroatoms. The number of hydrogen-bond acceptors (Lipinski definition) is 5. The van der Waals surface area contributed by atoms with Crippen molar-refractivity contribution in [3.05, 3.63) is 78.0 Å². The Hall–Kier alpha value is -3.32. The van der Waals surface area contributed by atoms with Gasteiger partial charge in [-0.3, -0.25) is 9.59 Å². The van der Waals surface area contributed by atoms with Gasteiger partial charge in [-0.2, -0.15) is 0 Å². The molecular weight excluding hydrogens is 386 g/mol. The zero-order valence-corrected chi connectivity index (χ0v) is 16.5. The first-order valence-corrected chi connectivity index (χ1v) is 9.96. The molecule has 1 aliphatic heterocycles. The Morgan fingerprint density at radius 2 is 2.00 bits per heavy atom. The van der Waals surface area contributed by atoms with Crippen LogP contribution in [0.2, 0.25) is 0 Å². The van der Waals surface area contributed by atoms with E-state index >= 15 is 0 Å². The van der Waals surface area contributed by atoms with Crippen LogP contribution < -0.4 is 15.4 Å². The van der Waals surface area contributed by atoms with Crippen LogP contribution in [-0.2, 0) is 4.79 Å². The molecule has 4 rings (SSSR count). The minimum atomic E-state index is -0.228. The Bertz CT molecular complexity index is 1040. The highest BCUT2D eigenvalue weighted by Crippen LogP contribution is 2.30. The summed E-state index contributed by atoms with van der Waals surface area (Å²) in [5, 5.41) is 6.67. The molecule has 0 bridgehead atoms. The van der Waals surface area contributed by atoms with E-state index in [0.29, 0.717) is 17.0 Å². The van der Waals surface area contributed by atoms with E-state index in [2.05, 4.69) is 15.6 Å². The Labute approximate surface area is 172 Å². The molecule has 6 nitrogen and oxygen atoms in total. The average Bonchev–Trinajstić information content (AvgIpc) is 2.74. The van der Waals surface area contributed by atoms with Crippen molar-refractivity contribution >= 4 is 29.3 Å². The molecule has 0 spiro atoms. The molecule has 0 radical (unpaired) electrons. The summed E-state index contributed by atoms with van der Waals surface area (Å²) >= 11 is 1.54. The highest BCUT2D eigenvalue weighted by Gasteiger charge is 2.18. The number of aromatic nitrogens is 1. The van der Waals surface area contributed by atoms with Crippen LogP contribution in [-0.4, -0.2) is 23.4 Å². The van der Waals surface area contributed by atoms with Gasteiger partial charge >= 0.3 is 0 Å². The lowest BCUT2D eigenvalue weighted by Crippen LogP contribution is -2.28. The van der Waals surface area contributed by atoms with Gasteiger partial charge in [-0.15, -0.1) is 0 Å². The van der Waals surface area contributed by atoms with Crippen molar-refractivity contribution in [1.29, 1.82) is 0 Å². The second-order valence-corrected chi connectivity index (χ2v) is 7.68. The Kier molecular flexibility index (Phi) is 5.48. The van der Waals surface area contributed by atoms with Crippen molar-refractivity contribution in [2.24, 2.45) is 0 Å². The molecule has 2 aromatic carbocycles. The molecule has 2 N–H and O–H groups in total. The molecule has 1 unspecified atom stereocenters. The topological polar surface area (TPSA) is 80.3 Å². The number of nitrogens with one attached hydrogen (secondary N) is 2. The predicted molar refractivity (Wildman–Crippen MR) is 111 cm³/mol. The number of amides is 2. The highest BCUT2D eigenvalue weighted by atomic mass is 32.2. The van der Waals surface area contributed by atoms with Crippen LogP contribution in [0.4, 0.5) is 5.69 Å². The van der Waals surface area contributed by atoms with Gasteiger partial charge in [0.05, 0.1) is 11.7 Å². The second kappa shape index (κ2) is 8.36. The normalized spacial score (nSPS) is 13.6. The number of anilines is 1. The fraction of sp³-hybridized carbons (Fsp3) is 0.136. The van der Waals surface area contributed by atoms with Crippen molar-refractivity contribution in [1.82, 2.24) is 10.3 Å². The fourth-order valence-corrected chi connectivity index (χ4v) is 3.71. The molecule has 146 valence electrons. The number of rotatable bonds is 5. The van der Waals surface area contributed by atoms with Gasteiger partial charge in [0, 0.05) is 16.7 Å². The lowest BCUT2D eigenvalue weighted by atomic mass is 10.1. The lowest BCUT2D eigenvalue weighted by Gasteiger charge is -2.21. The second-order valence-electron chi connectivity index (χ2n) is 6.58. The van der Waals surface area contributed by atoms with Crippen LogP contribution in [0.1, 0.15) is 28.9 Å². The van der Waals surface area contributed by atoms with Gasteiger partial charge < -0.3 is 15.4 Å². The molecule has 2 heterocycles. The van der Waals surface area contributed by atoms with Gasteiger partial charge in [0.1, 0.15) is 10.8 Å². The largest absolute Gasteiger partial charge is 0.482 e. The fourth-order valence-electron chi connectivity index (χ4n) is 2.94. The first-order valence-electron chi connectivity index (χ1n) is 9.15. The molecule has 2 amide bonds. The van der Waals surface area contributed by atoms with E-state index in [1.54, 1.807) is 36.2 Å². The number of carbonyl (C=O) groups is 2. The molecule has 3 aromatic rings. The summed E-state index contributed by atoms with van der Waals surface area (Å²) in [6, 6.07) is 18.5. The van der Waals surface area contributed by atoms with E-state index in [9.17, 15) is 9.59 Å². The van der Waals surface area contributed by atoms with Crippen molar-refractivity contribution in [2.75, 3.05) is 11.9 Å². The van der Waals surface area contributed by atoms with Crippen molar-refractivity contribution in [3.63, 3.8) is 0 Å². The third-order valence-corrected chi connectivity index (χ3v) is 5.42. The first-order chi connectivity index (χ1) is 14.1. The minimum Gasteiger partial charge on any atom is -0.482 e. The minimum absolute atomic E-state index is 0.0211. The number of hydrogen-bond donors (Lipinski definition) is 2. The van der Waals surface area contributed by atoms with E-state index in [0.717, 1.165) is 15.5 Å². The van der Waals surface area contributed by atoms with Gasteiger partial charge in [-0.25, -0.2) is 4.98 Å². The molecule has 0 aliphatic carbocycles. The van der Waals surface area contributed by atoms with Crippen LogP contribution in [0.15, 0.2) is 76.8 Å². The zero-order valence-electron chi connectivity index (χ0n) is 15.7. The van der Waals surface area contributed by atoms with Crippen LogP contribution in [0, 0.1) is 0 Å². The predicted octanol–water partition coefficient (Wildman–Crippen LogP) is 4.05. The molecule has 1 aliphatic rings. The lowest BCUT2D eigenvalue weighted by molar-refractivity contribution is -0.118. The van der Waals surface area contributed by atoms with E-state index in [-0.39, 0.29) is 24.5 Å². The summed E-state index contributed by atoms with van der Waals surface area (Å²) in [5.74, 6) is 0.285. The maximum Gasteiger partial charge on any atom is 0.262 e. The summed E-state index contributed by atoms with van der Waals surface area (Å²) in [6.45, 7) is 1.92. The Morgan fingerprint density at radius 3 is 2.76 bits per heavy atom. The molecule has 1 atom stereocenters. The summed E-state index contributed by atoms with van der Waals surface area (Å²) in [6.07, 6.45) is 1.75. The summed E-state index contributed by atoms with van der Waals surface area (Å²) in [7, 11) is 0. The maximum atomic E-state index is 12.6. The van der Waals surface area contributed by atoms with Gasteiger partial charge in [0.15, 0.2) is 6.61 Å². The molecule has 0 fully saturated rings. The standard InChI is InChI=1S/C22H19N3O3S/c1-14(16-7-10-19-18(12-16)25-20(26)13-28-19)24-22(27)15-5-8-17(9-6-15)29-21-4-2-3-11-23-21/h2-12,14H,13H2,1H3,(H,24,27)(H,25,26). The Morgan fingerprint density at radius 1 is 1.17 bits per heavy atom. The van der Waals surface area contributed by atoms with Crippen molar-refractivity contribution in [3.8, 4) is 5.75 Å². The first kappa shape index (κ1) is 19.0. The smallest absolute Gasteiger partial charge is 0.262 e. The van der Waals surface area contributed by atoms with Crippen LogP contribution in [0.5, 0.6) is 5.75 Å². The summed E-state index contributed by atoms with van der Waals surface area (Å²) < 4.78 is 5.37. The number of fused-ring (bicyclic) bond motifs is 1. The van der Waals surface area contributed by atoms with Gasteiger partial charge in [0.2, 0.25) is 0 Å². The van der Waals surface area contributed by atoms with Crippen LogP contribution >= 0.6 is 11.8 Å². The SMILES string of the molecule is CC(NC(=O)c1ccc(Sc2ccccn2)cc1)c1ccc2c(c1)NC(=O)CO2. The Balaban J connectivity index is 1.41. The van der Waals surface area contributed by atoms with E-state index in [1.807, 2.05) is 49.4 Å². The van der Waals surface area contributed by atoms with Crippen molar-refractivity contribution in [2.45, 2.75) is 22.9 Å². The quantitative estimate of drug-likeness (QED) is 0.669. The zero-order chi connectivity index (χ0) is 20.2. The van der Waals surface area contributed by atoms with Crippen LogP contribution in [0.25, 0.3) is 0 Å². The molecule has 29 heavy (non-hydrogen) atoms. The number of nitrogens with zero attached hydrogens (tertiary/aromatic N) is 1. The number of benzene rings is 2. The van der Waals surface area contributed by atoms with Crippen molar-refractivity contribution < 1.29 is 14.3 Å². The number of ether oxygens (including phenoxy) is 1. The highest BCUT2D eigenvalue weighted by molar-refractivity contribution is 7.99. The van der Waals surface area contributed by atoms with Gasteiger partial charge in [-0.05, 0) is 61.0 Å². The van der Waals surface area contributed by atoms with Gasteiger partial charge in [-0.1, -0.05) is 23.9 Å². The van der Waals surface area contributed by atoms with E-state index in [1.165, 1.54) is 0 Å². The van der Waals surface area contributed by atoms with E-state index < -0.39 is 0 Å². The number of carbonyl (C=O) groups excluding carboxylic acids is 2. The van der Waals surface area contributed by atoms with Gasteiger partial charge in [0.25, 0.3) is 11.8 Å². The van der Waals surface area contributed by atoms with E-state index in [4.69, 9.17) is 4.74 Å². The molecule has 0 saturated carbocycles. The summed E-state index contributed by atoms with van der Waals surface area (Å²) in [5.41, 5.74) is 2.08. The molecule has 0 saturated heterocycles. The molecule has 1 aromatic heterocycles. The third kappa shape index (κ3) is 4.57. The monoisotopic (exact) mass is 405 g/mol. The molecular formula is C22H19N3O3S. The maximum absolute atomic E-state index is 12.6.